The molecule has 1 saturated carbocycles. The zero-order valence-corrected chi connectivity index (χ0v) is 13.3. The second-order valence-corrected chi connectivity index (χ2v) is 6.15. The smallest absolute Gasteiger partial charge is 0.224 e. The summed E-state index contributed by atoms with van der Waals surface area (Å²) in [6, 6.07) is 6.31. The molecule has 2 aliphatic rings. The van der Waals surface area contributed by atoms with E-state index in [4.69, 9.17) is 0 Å². The molecule has 1 fully saturated rings. The predicted molar refractivity (Wildman–Crippen MR) is 88.9 cm³/mol. The number of hydrogen-bond donors (Lipinski definition) is 2. The van der Waals surface area contributed by atoms with E-state index in [1.807, 2.05) is 6.07 Å². The van der Waals surface area contributed by atoms with Gasteiger partial charge in [-0.25, -0.2) is 0 Å². The third kappa shape index (κ3) is 4.45. The van der Waals surface area contributed by atoms with E-state index in [9.17, 15) is 4.79 Å². The molecule has 1 aromatic rings. The van der Waals surface area contributed by atoms with Gasteiger partial charge in [-0.3, -0.25) is 4.79 Å². The number of nitrogens with one attached hydrogen (secondary N) is 2. The van der Waals surface area contributed by atoms with Crippen LogP contribution in [0.1, 0.15) is 49.7 Å². The van der Waals surface area contributed by atoms with Crippen molar-refractivity contribution in [3.8, 4) is 0 Å². The molecule has 1 aliphatic heterocycles. The van der Waals surface area contributed by atoms with Crippen LogP contribution in [0.25, 0.3) is 0 Å². The number of carbonyl (C=O) groups excluding carboxylic acids is 1. The Morgan fingerprint density at radius 3 is 2.86 bits per heavy atom. The van der Waals surface area contributed by atoms with Crippen molar-refractivity contribution in [1.29, 1.82) is 0 Å². The maximum absolute atomic E-state index is 12.0. The Morgan fingerprint density at radius 1 is 1.24 bits per heavy atom. The molecule has 3 nitrogen and oxygen atoms in total. The van der Waals surface area contributed by atoms with Gasteiger partial charge in [-0.2, -0.15) is 0 Å². The number of amides is 1. The molecular formula is C17H25ClN2O. The van der Waals surface area contributed by atoms with Crippen LogP contribution >= 0.6 is 12.4 Å². The Kier molecular flexibility index (Phi) is 6.07. The van der Waals surface area contributed by atoms with Gasteiger partial charge in [-0.05, 0) is 48.6 Å². The lowest BCUT2D eigenvalue weighted by molar-refractivity contribution is -0.116. The second-order valence-electron chi connectivity index (χ2n) is 6.15. The van der Waals surface area contributed by atoms with Gasteiger partial charge in [-0.1, -0.05) is 31.7 Å². The predicted octanol–water partition coefficient (Wildman–Crippen LogP) is 3.66. The van der Waals surface area contributed by atoms with Crippen molar-refractivity contribution in [1.82, 2.24) is 5.32 Å². The lowest BCUT2D eigenvalue weighted by Crippen LogP contribution is -2.23. The first kappa shape index (κ1) is 16.3. The Bertz CT molecular complexity index is 484. The summed E-state index contributed by atoms with van der Waals surface area (Å²) in [5.41, 5.74) is 3.68. The number of benzene rings is 1. The van der Waals surface area contributed by atoms with E-state index < -0.39 is 0 Å². The van der Waals surface area contributed by atoms with Crippen LogP contribution < -0.4 is 10.6 Å². The summed E-state index contributed by atoms with van der Waals surface area (Å²) in [7, 11) is 0. The molecule has 1 heterocycles. The quantitative estimate of drug-likeness (QED) is 0.891. The third-order valence-electron chi connectivity index (χ3n) is 4.63. The van der Waals surface area contributed by atoms with E-state index in [0.29, 0.717) is 6.42 Å². The van der Waals surface area contributed by atoms with Crippen LogP contribution in [0.5, 0.6) is 0 Å². The van der Waals surface area contributed by atoms with Crippen LogP contribution in [-0.2, 0) is 17.8 Å². The number of halogens is 1. The maximum atomic E-state index is 12.0. The van der Waals surface area contributed by atoms with Gasteiger partial charge < -0.3 is 10.6 Å². The van der Waals surface area contributed by atoms with Crippen molar-refractivity contribution < 1.29 is 4.79 Å². The fourth-order valence-electron chi connectivity index (χ4n) is 3.42. The zero-order valence-electron chi connectivity index (χ0n) is 12.5. The van der Waals surface area contributed by atoms with Gasteiger partial charge in [0, 0.05) is 18.7 Å². The largest absolute Gasteiger partial charge is 0.326 e. The molecule has 0 saturated heterocycles. The molecule has 0 bridgehead atoms. The van der Waals surface area contributed by atoms with Gasteiger partial charge >= 0.3 is 0 Å². The van der Waals surface area contributed by atoms with Crippen LogP contribution in [0.15, 0.2) is 18.2 Å². The van der Waals surface area contributed by atoms with Gasteiger partial charge in [0.15, 0.2) is 0 Å². The van der Waals surface area contributed by atoms with Gasteiger partial charge in [0.1, 0.15) is 0 Å². The monoisotopic (exact) mass is 308 g/mol. The van der Waals surface area contributed by atoms with E-state index in [-0.39, 0.29) is 18.3 Å². The molecule has 1 aliphatic carbocycles. The molecule has 4 heteroatoms. The average Bonchev–Trinajstić information content (AvgIpc) is 2.98. The van der Waals surface area contributed by atoms with E-state index >= 15 is 0 Å². The molecule has 2 N–H and O–H groups in total. The first-order valence-corrected chi connectivity index (χ1v) is 7.93. The SMILES string of the molecule is Cl.O=C(CCC1CCCC1)Nc1ccc2c(c1)CNCC2. The van der Waals surface area contributed by atoms with Gasteiger partial charge in [0.25, 0.3) is 0 Å². The van der Waals surface area contributed by atoms with Gasteiger partial charge in [0.2, 0.25) is 5.91 Å². The minimum atomic E-state index is 0. The van der Waals surface area contributed by atoms with Crippen LogP contribution in [0.3, 0.4) is 0 Å². The highest BCUT2D eigenvalue weighted by molar-refractivity contribution is 5.90. The second kappa shape index (κ2) is 7.81. The lowest BCUT2D eigenvalue weighted by Gasteiger charge is -2.18. The van der Waals surface area contributed by atoms with E-state index in [2.05, 4.69) is 22.8 Å². The van der Waals surface area contributed by atoms with Crippen LogP contribution in [-0.4, -0.2) is 12.5 Å². The Balaban J connectivity index is 0.00000161. The van der Waals surface area contributed by atoms with Crippen LogP contribution in [0, 0.1) is 5.92 Å². The number of anilines is 1. The maximum Gasteiger partial charge on any atom is 0.224 e. The fourth-order valence-corrected chi connectivity index (χ4v) is 3.42. The Labute approximate surface area is 133 Å². The molecule has 0 unspecified atom stereocenters. The summed E-state index contributed by atoms with van der Waals surface area (Å²) in [5, 5.41) is 6.42. The van der Waals surface area contributed by atoms with E-state index in [1.54, 1.807) is 0 Å². The molecule has 0 spiro atoms. The van der Waals surface area contributed by atoms with Crippen molar-refractivity contribution in [2.75, 3.05) is 11.9 Å². The third-order valence-corrected chi connectivity index (χ3v) is 4.63. The molecule has 116 valence electrons. The average molecular weight is 309 g/mol. The summed E-state index contributed by atoms with van der Waals surface area (Å²) in [5.74, 6) is 0.953. The van der Waals surface area contributed by atoms with Crippen molar-refractivity contribution in [3.63, 3.8) is 0 Å². The van der Waals surface area contributed by atoms with Crippen LogP contribution in [0.4, 0.5) is 5.69 Å². The van der Waals surface area contributed by atoms with Crippen molar-refractivity contribution >= 4 is 24.0 Å². The van der Waals surface area contributed by atoms with Crippen molar-refractivity contribution in [2.24, 2.45) is 5.92 Å². The molecular weight excluding hydrogens is 284 g/mol. The topological polar surface area (TPSA) is 41.1 Å². The summed E-state index contributed by atoms with van der Waals surface area (Å²) in [6.07, 6.45) is 8.15. The molecule has 0 radical (unpaired) electrons. The number of fused-ring (bicyclic) bond motifs is 1. The number of carbonyl (C=O) groups is 1. The molecule has 1 aromatic carbocycles. The summed E-state index contributed by atoms with van der Waals surface area (Å²) >= 11 is 0. The van der Waals surface area contributed by atoms with Gasteiger partial charge in [0.05, 0.1) is 0 Å². The highest BCUT2D eigenvalue weighted by atomic mass is 35.5. The highest BCUT2D eigenvalue weighted by Crippen LogP contribution is 2.28. The number of hydrogen-bond acceptors (Lipinski definition) is 2. The zero-order chi connectivity index (χ0) is 13.8. The van der Waals surface area contributed by atoms with Crippen molar-refractivity contribution in [3.05, 3.63) is 29.3 Å². The molecule has 3 rings (SSSR count). The highest BCUT2D eigenvalue weighted by Gasteiger charge is 2.16. The molecule has 1 amide bonds. The normalized spacial score (nSPS) is 17.9. The van der Waals surface area contributed by atoms with Crippen LogP contribution in [0.2, 0.25) is 0 Å². The van der Waals surface area contributed by atoms with E-state index in [1.165, 1.54) is 36.8 Å². The Morgan fingerprint density at radius 2 is 2.05 bits per heavy atom. The van der Waals surface area contributed by atoms with E-state index in [0.717, 1.165) is 37.5 Å². The molecule has 21 heavy (non-hydrogen) atoms. The number of rotatable bonds is 4. The lowest BCUT2D eigenvalue weighted by atomic mass is 10.00. The Hall–Kier alpha value is -1.06. The summed E-state index contributed by atoms with van der Waals surface area (Å²) in [6.45, 7) is 1.97. The first-order valence-electron chi connectivity index (χ1n) is 7.93. The summed E-state index contributed by atoms with van der Waals surface area (Å²) < 4.78 is 0. The first-order chi connectivity index (χ1) is 9.81. The minimum absolute atomic E-state index is 0. The van der Waals surface area contributed by atoms with Gasteiger partial charge in [-0.15, -0.1) is 12.4 Å². The molecule has 0 atom stereocenters. The van der Waals surface area contributed by atoms with Crippen molar-refractivity contribution in [2.45, 2.75) is 51.5 Å². The fraction of sp³-hybridized carbons (Fsp3) is 0.588. The minimum Gasteiger partial charge on any atom is -0.326 e. The summed E-state index contributed by atoms with van der Waals surface area (Å²) in [4.78, 5) is 12.0. The standard InChI is InChI=1S/C17H24N2O.ClH/c20-17(8-5-13-3-1-2-4-13)19-16-7-6-14-9-10-18-12-15(14)11-16;/h6-7,11,13,18H,1-5,8-10,12H2,(H,19,20);1H. The molecule has 0 aromatic heterocycles.